The first-order valence-corrected chi connectivity index (χ1v) is 10.7. The zero-order chi connectivity index (χ0) is 20.9. The Balaban J connectivity index is 1.45. The van der Waals surface area contributed by atoms with Crippen LogP contribution in [0.2, 0.25) is 0 Å². The number of rotatable bonds is 8. The molecule has 0 bridgehead atoms. The first-order valence-electron chi connectivity index (χ1n) is 10.7. The van der Waals surface area contributed by atoms with Gasteiger partial charge in [0.25, 0.3) is 0 Å². The number of fused-ring (bicyclic) bond motifs is 1. The molecule has 0 radical (unpaired) electrons. The summed E-state index contributed by atoms with van der Waals surface area (Å²) in [7, 11) is 1.68. The van der Waals surface area contributed by atoms with Crippen molar-refractivity contribution in [3.05, 3.63) is 60.0 Å². The van der Waals surface area contributed by atoms with Crippen molar-refractivity contribution in [2.75, 3.05) is 20.3 Å². The highest BCUT2D eigenvalue weighted by Gasteiger charge is 2.22. The summed E-state index contributed by atoms with van der Waals surface area (Å²) in [6.45, 7) is 3.76. The lowest BCUT2D eigenvalue weighted by Crippen LogP contribution is -2.37. The van der Waals surface area contributed by atoms with Gasteiger partial charge in [0.1, 0.15) is 5.78 Å². The van der Waals surface area contributed by atoms with E-state index in [2.05, 4.69) is 39.1 Å². The number of carbonyl (C=O) groups is 1. The van der Waals surface area contributed by atoms with Gasteiger partial charge in [-0.2, -0.15) is 5.10 Å². The second-order valence-corrected chi connectivity index (χ2v) is 8.34. The van der Waals surface area contributed by atoms with Crippen LogP contribution in [0.15, 0.2) is 48.8 Å². The summed E-state index contributed by atoms with van der Waals surface area (Å²) < 4.78 is 7.46. The van der Waals surface area contributed by atoms with E-state index >= 15 is 0 Å². The molecule has 1 fully saturated rings. The highest BCUT2D eigenvalue weighted by Crippen LogP contribution is 2.26. The van der Waals surface area contributed by atoms with E-state index in [0.29, 0.717) is 31.5 Å². The predicted molar refractivity (Wildman–Crippen MR) is 118 cm³/mol. The van der Waals surface area contributed by atoms with Gasteiger partial charge in [-0.3, -0.25) is 14.5 Å². The van der Waals surface area contributed by atoms with Gasteiger partial charge in [0.05, 0.1) is 30.6 Å². The molecule has 6 heteroatoms. The van der Waals surface area contributed by atoms with Gasteiger partial charge in [-0.15, -0.1) is 0 Å². The molecule has 3 heterocycles. The van der Waals surface area contributed by atoms with Crippen molar-refractivity contribution in [3.8, 4) is 0 Å². The van der Waals surface area contributed by atoms with E-state index in [1.807, 2.05) is 36.7 Å². The van der Waals surface area contributed by atoms with Crippen molar-refractivity contribution in [2.45, 2.75) is 50.6 Å². The minimum absolute atomic E-state index is 0.0667. The Hall–Kier alpha value is -2.57. The summed E-state index contributed by atoms with van der Waals surface area (Å²) in [4.78, 5) is 17.4. The third-order valence-electron chi connectivity index (χ3n) is 5.97. The molecule has 1 N–H and O–H groups in total. The quantitative estimate of drug-likeness (QED) is 0.618. The Bertz CT molecular complexity index is 985. The normalized spacial score (nSPS) is 20.3. The lowest BCUT2D eigenvalue weighted by molar-refractivity contribution is -0.119. The summed E-state index contributed by atoms with van der Waals surface area (Å²) in [5, 5.41) is 9.17. The molecule has 6 nitrogen and oxygen atoms in total. The Morgan fingerprint density at radius 2 is 2.13 bits per heavy atom. The van der Waals surface area contributed by atoms with E-state index in [-0.39, 0.29) is 11.7 Å². The highest BCUT2D eigenvalue weighted by atomic mass is 16.5. The fourth-order valence-corrected chi connectivity index (χ4v) is 4.45. The number of carbonyl (C=O) groups excluding carboxylic acids is 1. The number of nitrogens with zero attached hydrogens (tertiary/aromatic N) is 3. The van der Waals surface area contributed by atoms with Crippen molar-refractivity contribution in [1.29, 1.82) is 0 Å². The Kier molecular flexibility index (Phi) is 6.55. The molecule has 3 atom stereocenters. The second-order valence-electron chi connectivity index (χ2n) is 8.34. The van der Waals surface area contributed by atoms with Crippen molar-refractivity contribution in [1.82, 2.24) is 20.1 Å². The smallest absolute Gasteiger partial charge is 0.139 e. The molecular weight excluding hydrogens is 376 g/mol. The fraction of sp³-hybridized carbons (Fsp3) is 0.458. The maximum Gasteiger partial charge on any atom is 0.139 e. The van der Waals surface area contributed by atoms with Gasteiger partial charge in [-0.1, -0.05) is 30.3 Å². The van der Waals surface area contributed by atoms with Crippen LogP contribution in [0.3, 0.4) is 0 Å². The topological polar surface area (TPSA) is 69.0 Å². The molecule has 1 aliphatic rings. The van der Waals surface area contributed by atoms with Crippen molar-refractivity contribution in [2.24, 2.45) is 0 Å². The van der Waals surface area contributed by atoms with E-state index in [1.54, 1.807) is 7.11 Å². The van der Waals surface area contributed by atoms with Gasteiger partial charge in [0, 0.05) is 43.0 Å². The van der Waals surface area contributed by atoms with Gasteiger partial charge in [0.15, 0.2) is 0 Å². The van der Waals surface area contributed by atoms with E-state index in [9.17, 15) is 4.79 Å². The molecule has 1 aliphatic heterocycles. The van der Waals surface area contributed by atoms with E-state index < -0.39 is 0 Å². The number of nitrogens with one attached hydrogen (secondary N) is 1. The zero-order valence-corrected chi connectivity index (χ0v) is 17.8. The zero-order valence-electron chi connectivity index (χ0n) is 17.8. The van der Waals surface area contributed by atoms with Gasteiger partial charge in [-0.25, -0.2) is 0 Å². The van der Waals surface area contributed by atoms with E-state index in [0.717, 1.165) is 41.5 Å². The van der Waals surface area contributed by atoms with Crippen LogP contribution in [0.4, 0.5) is 0 Å². The highest BCUT2D eigenvalue weighted by molar-refractivity contribution is 5.83. The van der Waals surface area contributed by atoms with Gasteiger partial charge >= 0.3 is 0 Å². The van der Waals surface area contributed by atoms with Crippen LogP contribution in [-0.2, 0) is 16.0 Å². The summed E-state index contributed by atoms with van der Waals surface area (Å²) in [5.74, 6) is 0.240. The number of ketones is 1. The molecule has 4 rings (SSSR count). The molecule has 30 heavy (non-hydrogen) atoms. The lowest BCUT2D eigenvalue weighted by Gasteiger charge is -2.28. The number of ether oxygens (including phenoxy) is 1. The molecule has 0 saturated carbocycles. The maximum absolute atomic E-state index is 12.8. The summed E-state index contributed by atoms with van der Waals surface area (Å²) in [5.41, 5.74) is 2.98. The number of hydrogen-bond donors (Lipinski definition) is 1. The average Bonchev–Trinajstić information content (AvgIpc) is 3.17. The Morgan fingerprint density at radius 3 is 2.90 bits per heavy atom. The number of hydrogen-bond acceptors (Lipinski definition) is 5. The molecule has 158 valence electrons. The Morgan fingerprint density at radius 1 is 1.30 bits per heavy atom. The summed E-state index contributed by atoms with van der Waals surface area (Å²) >= 11 is 0. The third-order valence-corrected chi connectivity index (χ3v) is 5.97. The van der Waals surface area contributed by atoms with Crippen LogP contribution in [0, 0.1) is 0 Å². The van der Waals surface area contributed by atoms with Crippen LogP contribution < -0.4 is 5.32 Å². The minimum atomic E-state index is 0.0667. The average molecular weight is 407 g/mol. The fourth-order valence-electron chi connectivity index (χ4n) is 4.45. The molecular formula is C24H30N4O2. The SMILES string of the molecule is COC[C@@H](CC(=O)Cc1cc2cnn(C3CCNC(C)C3)c2cn1)c1ccccc1. The first-order chi connectivity index (χ1) is 14.6. The van der Waals surface area contributed by atoms with Gasteiger partial charge in [-0.05, 0) is 37.9 Å². The second kappa shape index (κ2) is 9.49. The van der Waals surface area contributed by atoms with Gasteiger partial charge < -0.3 is 10.1 Å². The molecule has 2 aromatic heterocycles. The molecule has 0 aliphatic carbocycles. The van der Waals surface area contributed by atoms with Crippen LogP contribution in [0.1, 0.15) is 49.4 Å². The molecule has 0 spiro atoms. The summed E-state index contributed by atoms with van der Waals surface area (Å²) in [6.07, 6.45) is 6.69. The third kappa shape index (κ3) is 4.77. The first kappa shape index (κ1) is 20.7. The lowest BCUT2D eigenvalue weighted by atomic mass is 9.93. The van der Waals surface area contributed by atoms with E-state index in [1.165, 1.54) is 0 Å². The van der Waals surface area contributed by atoms with Crippen LogP contribution in [-0.4, -0.2) is 46.9 Å². The largest absolute Gasteiger partial charge is 0.384 e. The van der Waals surface area contributed by atoms with Crippen molar-refractivity contribution < 1.29 is 9.53 Å². The van der Waals surface area contributed by atoms with Crippen molar-refractivity contribution in [3.63, 3.8) is 0 Å². The number of piperidine rings is 1. The minimum Gasteiger partial charge on any atom is -0.384 e. The van der Waals surface area contributed by atoms with E-state index in [4.69, 9.17) is 4.74 Å². The number of methoxy groups -OCH3 is 1. The molecule has 1 aromatic carbocycles. The predicted octanol–water partition coefficient (Wildman–Crippen LogP) is 3.68. The molecule has 3 aromatic rings. The number of Topliss-reactive ketones (excluding diaryl/α,β-unsaturated/α-hetero) is 1. The van der Waals surface area contributed by atoms with Crippen molar-refractivity contribution >= 4 is 16.7 Å². The molecule has 2 unspecified atom stereocenters. The maximum atomic E-state index is 12.8. The number of pyridine rings is 1. The van der Waals surface area contributed by atoms with Crippen LogP contribution >= 0.6 is 0 Å². The molecule has 0 amide bonds. The van der Waals surface area contributed by atoms with Gasteiger partial charge in [0.2, 0.25) is 0 Å². The number of aromatic nitrogens is 3. The monoisotopic (exact) mass is 406 g/mol. The molecule has 1 saturated heterocycles. The summed E-state index contributed by atoms with van der Waals surface area (Å²) in [6, 6.07) is 13.0. The number of benzene rings is 1. The Labute approximate surface area is 177 Å². The standard InChI is InChI=1S/C24H30N4O2/c1-17-10-22(8-9-25-17)28-24-15-26-21(11-19(24)14-27-28)13-23(29)12-20(16-30-2)18-6-4-3-5-7-18/h3-7,11,14-15,17,20,22,25H,8-10,12-13,16H2,1-2H3/t17?,20-,22?/m1/s1. The van der Waals surface area contributed by atoms with Crippen LogP contribution in [0.25, 0.3) is 10.9 Å². The van der Waals surface area contributed by atoms with Crippen LogP contribution in [0.5, 0.6) is 0 Å².